The second-order valence-electron chi connectivity index (χ2n) is 5.80. The van der Waals surface area contributed by atoms with E-state index in [-0.39, 0.29) is 10.7 Å². The van der Waals surface area contributed by atoms with E-state index < -0.39 is 0 Å². The number of nitrogens with zero attached hydrogens (tertiary/aromatic N) is 1. The number of amides is 1. The summed E-state index contributed by atoms with van der Waals surface area (Å²) in [6.45, 7) is 6.25. The zero-order valence-electron chi connectivity index (χ0n) is 11.4. The van der Waals surface area contributed by atoms with Crippen molar-refractivity contribution in [1.29, 1.82) is 0 Å². The van der Waals surface area contributed by atoms with Crippen LogP contribution in [-0.2, 0) is 4.79 Å². The third-order valence-electron chi connectivity index (χ3n) is 3.96. The van der Waals surface area contributed by atoms with Crippen molar-refractivity contribution in [2.45, 2.75) is 50.3 Å². The fraction of sp³-hybridized carbons (Fsp3) is 0.923. The Kier molecular flexibility index (Phi) is 4.89. The molecule has 2 saturated heterocycles. The lowest BCUT2D eigenvalue weighted by molar-refractivity contribution is -0.131. The zero-order valence-corrected chi connectivity index (χ0v) is 13.0. The van der Waals surface area contributed by atoms with Crippen LogP contribution < -0.4 is 5.73 Å². The molecule has 2 atom stereocenters. The quantitative estimate of drug-likeness (QED) is 0.624. The first-order valence-electron chi connectivity index (χ1n) is 6.87. The van der Waals surface area contributed by atoms with Gasteiger partial charge < -0.3 is 10.6 Å². The van der Waals surface area contributed by atoms with Gasteiger partial charge in [-0.2, -0.15) is 0 Å². The molecule has 2 rings (SSSR count). The predicted molar refractivity (Wildman–Crippen MR) is 80.6 cm³/mol. The lowest BCUT2D eigenvalue weighted by atomic mass is 9.97. The van der Waals surface area contributed by atoms with Gasteiger partial charge in [-0.25, -0.2) is 0 Å². The van der Waals surface area contributed by atoms with Gasteiger partial charge in [0.15, 0.2) is 0 Å². The van der Waals surface area contributed by atoms with E-state index in [1.807, 2.05) is 21.6 Å². The molecule has 0 aromatic heterocycles. The molecule has 104 valence electrons. The van der Waals surface area contributed by atoms with Gasteiger partial charge in [0.1, 0.15) is 0 Å². The van der Waals surface area contributed by atoms with Crippen LogP contribution in [0.5, 0.6) is 0 Å². The summed E-state index contributed by atoms with van der Waals surface area (Å²) >= 11 is 0. The number of unbranched alkanes of at least 4 members (excludes halogenated alkanes) is 2. The van der Waals surface area contributed by atoms with Crippen LogP contribution in [0.2, 0.25) is 0 Å². The van der Waals surface area contributed by atoms with Crippen molar-refractivity contribution >= 4 is 27.5 Å². The summed E-state index contributed by atoms with van der Waals surface area (Å²) in [6, 6.07) is 0.424. The van der Waals surface area contributed by atoms with E-state index in [0.29, 0.717) is 11.9 Å². The number of carbonyl (C=O) groups excluding carboxylic acids is 1. The highest BCUT2D eigenvalue weighted by Gasteiger charge is 2.48. The Hall–Kier alpha value is 0.130. The van der Waals surface area contributed by atoms with Gasteiger partial charge in [-0.05, 0) is 39.7 Å². The molecule has 2 unspecified atom stereocenters. The van der Waals surface area contributed by atoms with Crippen LogP contribution >= 0.6 is 21.6 Å². The highest BCUT2D eigenvalue weighted by molar-refractivity contribution is 8.77. The van der Waals surface area contributed by atoms with E-state index in [2.05, 4.69) is 18.7 Å². The first-order valence-corrected chi connectivity index (χ1v) is 9.19. The summed E-state index contributed by atoms with van der Waals surface area (Å²) in [5, 5.41) is 0. The van der Waals surface area contributed by atoms with Gasteiger partial charge in [0, 0.05) is 23.1 Å². The number of likely N-dealkylation sites (tertiary alicyclic amines) is 1. The van der Waals surface area contributed by atoms with Crippen molar-refractivity contribution in [1.82, 2.24) is 4.90 Å². The molecule has 1 amide bonds. The van der Waals surface area contributed by atoms with Gasteiger partial charge in [-0.3, -0.25) is 4.79 Å². The van der Waals surface area contributed by atoms with Gasteiger partial charge in [0.25, 0.3) is 0 Å². The molecule has 0 saturated carbocycles. The molecule has 2 aliphatic rings. The fourth-order valence-corrected chi connectivity index (χ4v) is 5.97. The molecule has 2 fully saturated rings. The van der Waals surface area contributed by atoms with Crippen molar-refractivity contribution in [3.63, 3.8) is 0 Å². The van der Waals surface area contributed by atoms with E-state index in [1.54, 1.807) is 0 Å². The van der Waals surface area contributed by atoms with Gasteiger partial charge in [-0.1, -0.05) is 28.0 Å². The molecule has 2 N–H and O–H groups in total. The Labute approximate surface area is 118 Å². The molecule has 5 heteroatoms. The molecule has 0 spiro atoms. The first-order chi connectivity index (χ1) is 8.56. The van der Waals surface area contributed by atoms with Crippen LogP contribution in [-0.4, -0.2) is 40.4 Å². The van der Waals surface area contributed by atoms with E-state index in [0.717, 1.165) is 44.5 Å². The van der Waals surface area contributed by atoms with E-state index in [4.69, 9.17) is 5.73 Å². The minimum Gasteiger partial charge on any atom is -0.338 e. The molecule has 3 nitrogen and oxygen atoms in total. The lowest BCUT2D eigenvalue weighted by Gasteiger charge is -2.37. The average Bonchev–Trinajstić information content (AvgIpc) is 2.53. The molecule has 0 aliphatic carbocycles. The maximum Gasteiger partial charge on any atom is 0.226 e. The molecule has 2 aliphatic heterocycles. The molecule has 2 bridgehead atoms. The molecule has 0 aromatic rings. The number of fused-ring (bicyclic) bond motifs is 2. The van der Waals surface area contributed by atoms with Gasteiger partial charge >= 0.3 is 0 Å². The summed E-state index contributed by atoms with van der Waals surface area (Å²) in [4.78, 5) is 14.5. The molecule has 18 heavy (non-hydrogen) atoms. The van der Waals surface area contributed by atoms with Crippen LogP contribution in [0.3, 0.4) is 0 Å². The summed E-state index contributed by atoms with van der Waals surface area (Å²) in [5.41, 5.74) is 5.51. The highest BCUT2D eigenvalue weighted by atomic mass is 33.1. The minimum absolute atomic E-state index is 0.180. The maximum atomic E-state index is 12.4. The van der Waals surface area contributed by atoms with Gasteiger partial charge in [0.05, 0.1) is 5.92 Å². The average molecular weight is 288 g/mol. The van der Waals surface area contributed by atoms with Crippen LogP contribution in [0.4, 0.5) is 0 Å². The van der Waals surface area contributed by atoms with Gasteiger partial charge in [0.2, 0.25) is 5.91 Å². The maximum absolute atomic E-state index is 12.4. The monoisotopic (exact) mass is 288 g/mol. The number of carbonyl (C=O) groups is 1. The lowest BCUT2D eigenvalue weighted by Crippen LogP contribution is -2.45. The summed E-state index contributed by atoms with van der Waals surface area (Å²) in [5.74, 6) is 1.65. The van der Waals surface area contributed by atoms with Crippen molar-refractivity contribution in [2.75, 3.05) is 18.8 Å². The highest BCUT2D eigenvalue weighted by Crippen LogP contribution is 2.49. The van der Waals surface area contributed by atoms with Crippen molar-refractivity contribution in [3.05, 3.63) is 0 Å². The number of hydrogen-bond donors (Lipinski definition) is 1. The Balaban J connectivity index is 1.98. The SMILES string of the molecule is CC1(C)SSCC2CC1N(CCCCCN)C2=O. The minimum atomic E-state index is 0.180. The van der Waals surface area contributed by atoms with Crippen LogP contribution in [0, 0.1) is 5.92 Å². The van der Waals surface area contributed by atoms with Crippen molar-refractivity contribution in [2.24, 2.45) is 11.7 Å². The van der Waals surface area contributed by atoms with Crippen LogP contribution in [0.25, 0.3) is 0 Å². The Bertz CT molecular complexity index is 309. The second kappa shape index (κ2) is 6.06. The number of nitrogens with two attached hydrogens (primary N) is 1. The summed E-state index contributed by atoms with van der Waals surface area (Å²) in [6.07, 6.45) is 4.37. The number of hydrogen-bond acceptors (Lipinski definition) is 4. The first kappa shape index (κ1) is 14.5. The molecular formula is C13H24N2OS2. The molecular weight excluding hydrogens is 264 g/mol. The largest absolute Gasteiger partial charge is 0.338 e. The fourth-order valence-electron chi connectivity index (χ4n) is 2.88. The van der Waals surface area contributed by atoms with Crippen molar-refractivity contribution < 1.29 is 4.79 Å². The molecule has 0 radical (unpaired) electrons. The van der Waals surface area contributed by atoms with Gasteiger partial charge in [-0.15, -0.1) is 0 Å². The van der Waals surface area contributed by atoms with E-state index in [9.17, 15) is 4.79 Å². The number of rotatable bonds is 5. The Morgan fingerprint density at radius 3 is 2.89 bits per heavy atom. The Morgan fingerprint density at radius 2 is 2.17 bits per heavy atom. The summed E-state index contributed by atoms with van der Waals surface area (Å²) < 4.78 is 0.180. The van der Waals surface area contributed by atoms with E-state index >= 15 is 0 Å². The van der Waals surface area contributed by atoms with Crippen LogP contribution in [0.1, 0.15) is 39.5 Å². The Morgan fingerprint density at radius 1 is 1.39 bits per heavy atom. The predicted octanol–water partition coefficient (Wildman–Crippen LogP) is 2.51. The topological polar surface area (TPSA) is 46.3 Å². The van der Waals surface area contributed by atoms with E-state index in [1.165, 1.54) is 0 Å². The standard InChI is InChI=1S/C13H24N2OS2/c1-13(2)11-8-10(9-17-18-13)12(16)15(11)7-5-3-4-6-14/h10-11H,3-9,14H2,1-2H3. The molecule has 2 heterocycles. The smallest absolute Gasteiger partial charge is 0.226 e. The normalized spacial score (nSPS) is 30.6. The third kappa shape index (κ3) is 2.99. The zero-order chi connectivity index (χ0) is 13.2. The summed E-state index contributed by atoms with van der Waals surface area (Å²) in [7, 11) is 3.83. The van der Waals surface area contributed by atoms with Crippen LogP contribution in [0.15, 0.2) is 0 Å². The third-order valence-corrected chi connectivity index (χ3v) is 7.37. The molecule has 0 aromatic carbocycles. The second-order valence-corrected chi connectivity index (χ2v) is 8.80. The van der Waals surface area contributed by atoms with Crippen molar-refractivity contribution in [3.8, 4) is 0 Å².